The number of aliphatic hydroxyl groups excluding tert-OH is 1. The molecule has 4 heterocycles. The van der Waals surface area contributed by atoms with Crippen LogP contribution in [0.4, 0.5) is 0 Å². The van der Waals surface area contributed by atoms with Crippen LogP contribution >= 0.6 is 11.8 Å². The number of hydrogen-bond donors (Lipinski definition) is 1. The molecule has 0 aromatic carbocycles. The highest BCUT2D eigenvalue weighted by Crippen LogP contribution is 2.66. The number of aliphatic hydroxyl groups is 1. The Hall–Kier alpha value is -1.88. The number of nitrogens with zero attached hydrogens (tertiary/aromatic N) is 4. The molecule has 9 nitrogen and oxygen atoms in total. The average molecular weight is 535 g/mol. The molecule has 3 amide bonds. The Morgan fingerprint density at radius 3 is 2.43 bits per heavy atom. The predicted octanol–water partition coefficient (Wildman–Crippen LogP) is 0.841. The van der Waals surface area contributed by atoms with Crippen molar-refractivity contribution in [3.8, 4) is 0 Å². The van der Waals surface area contributed by atoms with Crippen molar-refractivity contribution in [2.75, 3.05) is 72.2 Å². The quantitative estimate of drug-likeness (QED) is 0.350. The van der Waals surface area contributed by atoms with Gasteiger partial charge in [-0.1, -0.05) is 19.1 Å². The van der Waals surface area contributed by atoms with Gasteiger partial charge in [0.05, 0.1) is 36.4 Å². The van der Waals surface area contributed by atoms with Gasteiger partial charge in [0.25, 0.3) is 0 Å². The second kappa shape index (κ2) is 12.3. The third kappa shape index (κ3) is 5.22. The van der Waals surface area contributed by atoms with E-state index in [0.29, 0.717) is 39.4 Å². The van der Waals surface area contributed by atoms with E-state index in [9.17, 15) is 19.5 Å². The number of ether oxygens (including phenoxy) is 1. The van der Waals surface area contributed by atoms with Crippen molar-refractivity contribution < 1.29 is 24.2 Å². The molecule has 4 saturated heterocycles. The van der Waals surface area contributed by atoms with Gasteiger partial charge >= 0.3 is 0 Å². The first-order chi connectivity index (χ1) is 17.9. The Morgan fingerprint density at radius 1 is 1.14 bits per heavy atom. The summed E-state index contributed by atoms with van der Waals surface area (Å²) in [6.45, 7) is 15.3. The summed E-state index contributed by atoms with van der Waals surface area (Å²) in [5.74, 6) is -1.26. The number of β-amino-alcohol motifs (C(OH)–C–C–N with tert-alkyl or cyclic N) is 1. The standard InChI is InChI=1S/C27H42N4O5S/c1-4-9-29(10-5-2)24(33)21-20-7-8-27(37-20)22(21)25(34)31(14-17-32)23(27)26(35)30(11-6-3)13-12-28-15-18-36-19-16-28/h4,6,20-23,32H,1,3,5,7-19H2,2H3/t20-,21+,22+,23?,27?/m1/s1. The highest BCUT2D eigenvalue weighted by atomic mass is 32.2. The third-order valence-electron chi connectivity index (χ3n) is 8.27. The lowest BCUT2D eigenvalue weighted by Gasteiger charge is -2.38. The maximum absolute atomic E-state index is 14.2. The molecule has 37 heavy (non-hydrogen) atoms. The van der Waals surface area contributed by atoms with Crippen LogP contribution in [0.5, 0.6) is 0 Å². The van der Waals surface area contributed by atoms with Crippen LogP contribution in [-0.2, 0) is 19.1 Å². The Balaban J connectivity index is 1.61. The maximum atomic E-state index is 14.2. The number of thioether (sulfide) groups is 1. The predicted molar refractivity (Wildman–Crippen MR) is 144 cm³/mol. The molecule has 4 fully saturated rings. The minimum Gasteiger partial charge on any atom is -0.395 e. The van der Waals surface area contributed by atoms with Gasteiger partial charge in [0.15, 0.2) is 0 Å². The second-order valence-electron chi connectivity index (χ2n) is 10.4. The van der Waals surface area contributed by atoms with Gasteiger partial charge < -0.3 is 24.5 Å². The highest BCUT2D eigenvalue weighted by Gasteiger charge is 2.73. The Bertz CT molecular complexity index is 881. The molecule has 0 aromatic heterocycles. The van der Waals surface area contributed by atoms with Crippen LogP contribution in [0.2, 0.25) is 0 Å². The molecule has 0 radical (unpaired) electrons. The van der Waals surface area contributed by atoms with Crippen LogP contribution in [0.3, 0.4) is 0 Å². The molecule has 5 atom stereocenters. The Morgan fingerprint density at radius 2 is 1.81 bits per heavy atom. The van der Waals surface area contributed by atoms with E-state index in [4.69, 9.17) is 4.74 Å². The molecule has 206 valence electrons. The van der Waals surface area contributed by atoms with Gasteiger partial charge in [-0.3, -0.25) is 19.3 Å². The van der Waals surface area contributed by atoms with Gasteiger partial charge in [-0.25, -0.2) is 0 Å². The molecule has 1 spiro atoms. The number of carbonyl (C=O) groups excluding carboxylic acids is 3. The SMILES string of the molecule is C=CCN(CCN1CCOCC1)C(=O)C1N(CCO)C(=O)[C@@H]2[C@@H](C(=O)N(CC=C)CCC)[C@H]3CCC12S3. The lowest BCUT2D eigenvalue weighted by atomic mass is 9.70. The summed E-state index contributed by atoms with van der Waals surface area (Å²) in [4.78, 5) is 49.4. The van der Waals surface area contributed by atoms with Crippen LogP contribution < -0.4 is 0 Å². The van der Waals surface area contributed by atoms with Gasteiger partial charge in [-0.05, 0) is 19.3 Å². The molecule has 2 bridgehead atoms. The Labute approximate surface area is 224 Å². The van der Waals surface area contributed by atoms with E-state index < -0.39 is 22.6 Å². The molecule has 10 heteroatoms. The van der Waals surface area contributed by atoms with Crippen molar-refractivity contribution in [2.24, 2.45) is 11.8 Å². The fourth-order valence-electron chi connectivity index (χ4n) is 6.70. The Kier molecular flexibility index (Phi) is 9.37. The fourth-order valence-corrected chi connectivity index (χ4v) is 8.90. The van der Waals surface area contributed by atoms with Crippen molar-refractivity contribution in [1.29, 1.82) is 0 Å². The number of amides is 3. The number of morpholine rings is 1. The zero-order valence-electron chi connectivity index (χ0n) is 22.1. The fraction of sp³-hybridized carbons (Fsp3) is 0.741. The number of likely N-dealkylation sites (tertiary alicyclic amines) is 1. The number of fused-ring (bicyclic) bond motifs is 1. The van der Waals surface area contributed by atoms with Crippen molar-refractivity contribution >= 4 is 29.5 Å². The van der Waals surface area contributed by atoms with E-state index in [0.717, 1.165) is 38.9 Å². The molecule has 1 N–H and O–H groups in total. The zero-order chi connectivity index (χ0) is 26.6. The smallest absolute Gasteiger partial charge is 0.247 e. The summed E-state index contributed by atoms with van der Waals surface area (Å²) in [6.07, 6.45) is 5.81. The normalized spacial score (nSPS) is 30.9. The second-order valence-corrected chi connectivity index (χ2v) is 12.0. The summed E-state index contributed by atoms with van der Waals surface area (Å²) in [6, 6.07) is -0.686. The topological polar surface area (TPSA) is 93.6 Å². The number of carbonyl (C=O) groups is 3. The van der Waals surface area contributed by atoms with Gasteiger partial charge in [0.1, 0.15) is 6.04 Å². The van der Waals surface area contributed by atoms with Crippen LogP contribution in [0.15, 0.2) is 25.3 Å². The molecule has 2 unspecified atom stereocenters. The lowest BCUT2D eigenvalue weighted by molar-refractivity contribution is -0.145. The summed E-state index contributed by atoms with van der Waals surface area (Å²) in [5, 5.41) is 9.87. The van der Waals surface area contributed by atoms with Gasteiger partial charge in [0, 0.05) is 57.6 Å². The van der Waals surface area contributed by atoms with E-state index >= 15 is 0 Å². The van der Waals surface area contributed by atoms with E-state index in [1.807, 2.05) is 6.92 Å². The molecule has 0 aliphatic carbocycles. The monoisotopic (exact) mass is 534 g/mol. The lowest BCUT2D eigenvalue weighted by Crippen LogP contribution is -2.56. The van der Waals surface area contributed by atoms with E-state index in [1.54, 1.807) is 38.6 Å². The molecule has 4 rings (SSSR count). The van der Waals surface area contributed by atoms with Crippen LogP contribution in [-0.4, -0.2) is 131 Å². The van der Waals surface area contributed by atoms with Crippen LogP contribution in [0.1, 0.15) is 26.2 Å². The molecular formula is C27H42N4O5S. The third-order valence-corrected chi connectivity index (χ3v) is 10.2. The summed E-state index contributed by atoms with van der Waals surface area (Å²) < 4.78 is 4.81. The molecular weight excluding hydrogens is 492 g/mol. The van der Waals surface area contributed by atoms with Crippen LogP contribution in [0.25, 0.3) is 0 Å². The van der Waals surface area contributed by atoms with E-state index in [-0.39, 0.29) is 36.1 Å². The van der Waals surface area contributed by atoms with E-state index in [1.165, 1.54) is 0 Å². The van der Waals surface area contributed by atoms with Crippen molar-refractivity contribution in [3.05, 3.63) is 25.3 Å². The zero-order valence-corrected chi connectivity index (χ0v) is 22.9. The average Bonchev–Trinajstić information content (AvgIpc) is 3.54. The van der Waals surface area contributed by atoms with Crippen molar-refractivity contribution in [1.82, 2.24) is 19.6 Å². The van der Waals surface area contributed by atoms with E-state index in [2.05, 4.69) is 18.1 Å². The first kappa shape index (κ1) is 28.1. The minimum absolute atomic E-state index is 0.00788. The van der Waals surface area contributed by atoms with Gasteiger partial charge in [0.2, 0.25) is 17.7 Å². The van der Waals surface area contributed by atoms with Gasteiger partial charge in [-0.2, -0.15) is 0 Å². The molecule has 0 aromatic rings. The summed E-state index contributed by atoms with van der Waals surface area (Å²) in [5.41, 5.74) is 0. The minimum atomic E-state index is -0.686. The highest BCUT2D eigenvalue weighted by molar-refractivity contribution is 8.02. The molecule has 4 aliphatic rings. The van der Waals surface area contributed by atoms with Crippen molar-refractivity contribution in [2.45, 2.75) is 42.2 Å². The van der Waals surface area contributed by atoms with Crippen molar-refractivity contribution in [3.63, 3.8) is 0 Å². The largest absolute Gasteiger partial charge is 0.395 e. The number of rotatable bonds is 13. The first-order valence-corrected chi connectivity index (χ1v) is 14.5. The molecule has 4 aliphatic heterocycles. The maximum Gasteiger partial charge on any atom is 0.247 e. The van der Waals surface area contributed by atoms with Crippen LogP contribution in [0, 0.1) is 11.8 Å². The number of hydrogen-bond acceptors (Lipinski definition) is 7. The summed E-state index contributed by atoms with van der Waals surface area (Å²) in [7, 11) is 0. The first-order valence-electron chi connectivity index (χ1n) is 13.6. The van der Waals surface area contributed by atoms with Gasteiger partial charge in [-0.15, -0.1) is 24.9 Å². The molecule has 0 saturated carbocycles. The summed E-state index contributed by atoms with van der Waals surface area (Å²) >= 11 is 1.67.